The Bertz CT molecular complexity index is 1010. The Labute approximate surface area is 166 Å². The van der Waals surface area contributed by atoms with Crippen LogP contribution in [0.5, 0.6) is 5.75 Å². The van der Waals surface area contributed by atoms with Crippen LogP contribution < -0.4 is 15.0 Å². The molecule has 0 aliphatic carbocycles. The number of anilines is 2. The fourth-order valence-corrected chi connectivity index (χ4v) is 3.54. The predicted molar refractivity (Wildman–Crippen MR) is 106 cm³/mol. The van der Waals surface area contributed by atoms with Crippen molar-refractivity contribution in [3.63, 3.8) is 0 Å². The monoisotopic (exact) mass is 398 g/mol. The van der Waals surface area contributed by atoms with E-state index in [1.165, 1.54) is 12.3 Å². The second kappa shape index (κ2) is 7.90. The summed E-state index contributed by atoms with van der Waals surface area (Å²) >= 11 is 0. The second-order valence-corrected chi connectivity index (χ2v) is 6.77. The molecule has 6 nitrogen and oxygen atoms in total. The van der Waals surface area contributed by atoms with Gasteiger partial charge in [0.2, 0.25) is 5.91 Å². The van der Waals surface area contributed by atoms with Gasteiger partial charge in [0, 0.05) is 41.3 Å². The van der Waals surface area contributed by atoms with E-state index in [1.807, 2.05) is 24.3 Å². The second-order valence-electron chi connectivity index (χ2n) is 6.77. The number of ether oxygens (including phenoxy) is 1. The minimum absolute atomic E-state index is 0.124. The predicted octanol–water partition coefficient (Wildman–Crippen LogP) is 4.24. The molecule has 0 saturated carbocycles. The van der Waals surface area contributed by atoms with Crippen LogP contribution in [0.15, 0.2) is 54.9 Å². The highest BCUT2D eigenvalue weighted by atomic mass is 19.3. The number of H-pyrrole nitrogens is 1. The summed E-state index contributed by atoms with van der Waals surface area (Å²) < 4.78 is 32.5. The number of nitrogens with one attached hydrogen (secondary N) is 2. The SMILES string of the molecule is COc1cccc(NC2CCN(c3ccc(-c4cn[nH]c4)c(C(F)F)c3)C2=O)c1. The van der Waals surface area contributed by atoms with Gasteiger partial charge in [-0.05, 0) is 36.2 Å². The molecule has 1 saturated heterocycles. The van der Waals surface area contributed by atoms with Crippen molar-refractivity contribution in [2.45, 2.75) is 18.9 Å². The Kier molecular flexibility index (Phi) is 5.16. The number of rotatable bonds is 6. The Morgan fingerprint density at radius 3 is 2.86 bits per heavy atom. The molecule has 150 valence electrons. The number of methoxy groups -OCH3 is 1. The fourth-order valence-electron chi connectivity index (χ4n) is 3.54. The molecule has 1 aliphatic heterocycles. The molecule has 8 heteroatoms. The van der Waals surface area contributed by atoms with Gasteiger partial charge < -0.3 is 15.0 Å². The smallest absolute Gasteiger partial charge is 0.264 e. The molecule has 1 fully saturated rings. The van der Waals surface area contributed by atoms with Gasteiger partial charge in [0.25, 0.3) is 6.43 Å². The summed E-state index contributed by atoms with van der Waals surface area (Å²) in [4.78, 5) is 14.4. The summed E-state index contributed by atoms with van der Waals surface area (Å²) in [6, 6.07) is 11.6. The Morgan fingerprint density at radius 1 is 1.28 bits per heavy atom. The van der Waals surface area contributed by atoms with Gasteiger partial charge in [-0.15, -0.1) is 0 Å². The maximum atomic E-state index is 13.7. The third-order valence-electron chi connectivity index (χ3n) is 5.01. The highest BCUT2D eigenvalue weighted by molar-refractivity contribution is 6.01. The highest BCUT2D eigenvalue weighted by Gasteiger charge is 2.33. The van der Waals surface area contributed by atoms with Crippen molar-refractivity contribution in [1.29, 1.82) is 0 Å². The van der Waals surface area contributed by atoms with Crippen molar-refractivity contribution in [3.8, 4) is 16.9 Å². The number of nitrogens with zero attached hydrogens (tertiary/aromatic N) is 2. The first-order chi connectivity index (χ1) is 14.1. The quantitative estimate of drug-likeness (QED) is 0.652. The van der Waals surface area contributed by atoms with Gasteiger partial charge in [0.1, 0.15) is 11.8 Å². The zero-order valence-electron chi connectivity index (χ0n) is 15.7. The van der Waals surface area contributed by atoms with Crippen molar-refractivity contribution in [2.24, 2.45) is 0 Å². The van der Waals surface area contributed by atoms with Gasteiger partial charge in [-0.25, -0.2) is 8.78 Å². The van der Waals surface area contributed by atoms with E-state index in [2.05, 4.69) is 15.5 Å². The number of aromatic amines is 1. The van der Waals surface area contributed by atoms with Crippen LogP contribution in [0.3, 0.4) is 0 Å². The number of aromatic nitrogens is 2. The van der Waals surface area contributed by atoms with Gasteiger partial charge in [-0.3, -0.25) is 9.89 Å². The van der Waals surface area contributed by atoms with Gasteiger partial charge >= 0.3 is 0 Å². The third-order valence-corrected chi connectivity index (χ3v) is 5.01. The van der Waals surface area contributed by atoms with E-state index in [0.29, 0.717) is 35.5 Å². The first-order valence-electron chi connectivity index (χ1n) is 9.20. The zero-order valence-corrected chi connectivity index (χ0v) is 15.7. The standard InChI is InChI=1S/C21H20F2N4O2/c1-29-16-4-2-3-14(9-16)26-19-7-8-27(21(19)28)15-5-6-17(13-11-24-25-12-13)18(10-15)20(22)23/h2-6,9-12,19-20,26H,7-8H2,1H3,(H,24,25). The Morgan fingerprint density at radius 2 is 2.14 bits per heavy atom. The number of hydrogen-bond donors (Lipinski definition) is 2. The van der Waals surface area contributed by atoms with Crippen LogP contribution in [0.2, 0.25) is 0 Å². The lowest BCUT2D eigenvalue weighted by Gasteiger charge is -2.20. The lowest BCUT2D eigenvalue weighted by molar-refractivity contribution is -0.117. The third kappa shape index (κ3) is 3.78. The van der Waals surface area contributed by atoms with Gasteiger partial charge in [-0.1, -0.05) is 12.1 Å². The van der Waals surface area contributed by atoms with Gasteiger partial charge in [0.15, 0.2) is 0 Å². The lowest BCUT2D eigenvalue weighted by Crippen LogP contribution is -2.33. The van der Waals surface area contributed by atoms with Crippen molar-refractivity contribution in [3.05, 3.63) is 60.4 Å². The minimum Gasteiger partial charge on any atom is -0.497 e. The van der Waals surface area contributed by atoms with Crippen LogP contribution in [0.1, 0.15) is 18.4 Å². The molecule has 3 aromatic rings. The number of amides is 1. The average molecular weight is 398 g/mol. The summed E-state index contributed by atoms with van der Waals surface area (Å²) in [6.07, 6.45) is 0.971. The van der Waals surface area contributed by atoms with Gasteiger partial charge in [-0.2, -0.15) is 5.10 Å². The molecule has 0 radical (unpaired) electrons. The van der Waals surface area contributed by atoms with Crippen LogP contribution in [0.4, 0.5) is 20.2 Å². The van der Waals surface area contributed by atoms with Crippen molar-refractivity contribution >= 4 is 17.3 Å². The summed E-state index contributed by atoms with van der Waals surface area (Å²) in [5, 5.41) is 9.66. The van der Waals surface area contributed by atoms with Crippen LogP contribution in [0.25, 0.3) is 11.1 Å². The zero-order chi connectivity index (χ0) is 20.4. The number of halogens is 2. The highest BCUT2D eigenvalue weighted by Crippen LogP contribution is 2.35. The Hall–Kier alpha value is -3.42. The molecule has 1 aliphatic rings. The molecular weight excluding hydrogens is 378 g/mol. The summed E-state index contributed by atoms with van der Waals surface area (Å²) in [5.41, 5.74) is 2.09. The summed E-state index contributed by atoms with van der Waals surface area (Å²) in [6.45, 7) is 0.453. The van der Waals surface area contributed by atoms with E-state index >= 15 is 0 Å². The van der Waals surface area contributed by atoms with E-state index in [4.69, 9.17) is 4.74 Å². The first-order valence-corrected chi connectivity index (χ1v) is 9.20. The maximum Gasteiger partial charge on any atom is 0.264 e. The molecule has 2 heterocycles. The molecule has 2 N–H and O–H groups in total. The van der Waals surface area contributed by atoms with Crippen molar-refractivity contribution in [2.75, 3.05) is 23.9 Å². The molecule has 1 unspecified atom stereocenters. The molecule has 2 aromatic carbocycles. The molecule has 1 amide bonds. The number of benzene rings is 2. The Balaban J connectivity index is 1.56. The topological polar surface area (TPSA) is 70.2 Å². The molecule has 1 atom stereocenters. The fraction of sp³-hybridized carbons (Fsp3) is 0.238. The number of carbonyl (C=O) groups is 1. The number of hydrogen-bond acceptors (Lipinski definition) is 4. The van der Waals surface area contributed by atoms with E-state index in [9.17, 15) is 13.6 Å². The molecular formula is C21H20F2N4O2. The molecule has 0 bridgehead atoms. The molecule has 4 rings (SSSR count). The first kappa shape index (κ1) is 18.9. The van der Waals surface area contributed by atoms with Crippen LogP contribution in [0, 0.1) is 0 Å². The summed E-state index contributed by atoms with van der Waals surface area (Å²) in [7, 11) is 1.58. The number of carbonyl (C=O) groups excluding carboxylic acids is 1. The van der Waals surface area contributed by atoms with E-state index < -0.39 is 12.5 Å². The van der Waals surface area contributed by atoms with E-state index in [-0.39, 0.29) is 11.5 Å². The van der Waals surface area contributed by atoms with E-state index in [0.717, 1.165) is 5.69 Å². The largest absolute Gasteiger partial charge is 0.497 e. The average Bonchev–Trinajstić information content (AvgIpc) is 3.38. The van der Waals surface area contributed by atoms with Crippen LogP contribution in [-0.2, 0) is 4.79 Å². The molecule has 1 aromatic heterocycles. The lowest BCUT2D eigenvalue weighted by atomic mass is 10.0. The van der Waals surface area contributed by atoms with Crippen LogP contribution in [-0.4, -0.2) is 35.8 Å². The van der Waals surface area contributed by atoms with Gasteiger partial charge in [0.05, 0.1) is 13.3 Å². The normalized spacial score (nSPS) is 16.5. The van der Waals surface area contributed by atoms with Crippen molar-refractivity contribution < 1.29 is 18.3 Å². The van der Waals surface area contributed by atoms with Crippen molar-refractivity contribution in [1.82, 2.24) is 10.2 Å². The molecule has 0 spiro atoms. The maximum absolute atomic E-state index is 13.7. The number of alkyl halides is 2. The molecule has 29 heavy (non-hydrogen) atoms. The van der Waals surface area contributed by atoms with E-state index in [1.54, 1.807) is 30.3 Å². The van der Waals surface area contributed by atoms with Crippen LogP contribution >= 0.6 is 0 Å². The summed E-state index contributed by atoms with van der Waals surface area (Å²) in [5.74, 6) is 0.540. The minimum atomic E-state index is -2.66.